The van der Waals surface area contributed by atoms with Crippen LogP contribution in [0.15, 0.2) is 24.5 Å². The van der Waals surface area contributed by atoms with Crippen LogP contribution in [0.2, 0.25) is 0 Å². The summed E-state index contributed by atoms with van der Waals surface area (Å²) in [4.78, 5) is 18.1. The number of carbonyl (C=O) groups is 1. The van der Waals surface area contributed by atoms with Crippen LogP contribution in [0, 0.1) is 5.92 Å². The maximum absolute atomic E-state index is 12.0. The van der Waals surface area contributed by atoms with Crippen molar-refractivity contribution in [3.05, 3.63) is 24.5 Å². The third-order valence-corrected chi connectivity index (χ3v) is 3.64. The van der Waals surface area contributed by atoms with Crippen LogP contribution in [0.3, 0.4) is 0 Å². The fraction of sp³-hybridized carbons (Fsp3) is 0.600. The second-order valence-electron chi connectivity index (χ2n) is 5.41. The van der Waals surface area contributed by atoms with Crippen molar-refractivity contribution >= 4 is 5.91 Å². The molecule has 116 valence electrons. The zero-order valence-electron chi connectivity index (χ0n) is 12.4. The number of ether oxygens (including phenoxy) is 1. The Morgan fingerprint density at radius 1 is 1.62 bits per heavy atom. The molecule has 1 saturated heterocycles. The molecule has 0 saturated carbocycles. The molecule has 1 aliphatic heterocycles. The lowest BCUT2D eigenvalue weighted by molar-refractivity contribution is -0.131. The highest BCUT2D eigenvalue weighted by atomic mass is 16.5. The highest BCUT2D eigenvalue weighted by molar-refractivity contribution is 5.79. The number of carbonyl (C=O) groups excluding carboxylic acids is 1. The lowest BCUT2D eigenvalue weighted by Gasteiger charge is -2.32. The van der Waals surface area contributed by atoms with Crippen LogP contribution in [-0.4, -0.2) is 60.3 Å². The lowest BCUT2D eigenvalue weighted by Crippen LogP contribution is -2.48. The van der Waals surface area contributed by atoms with Crippen molar-refractivity contribution in [2.45, 2.75) is 18.9 Å². The predicted molar refractivity (Wildman–Crippen MR) is 79.0 cm³/mol. The summed E-state index contributed by atoms with van der Waals surface area (Å²) in [6.07, 6.45) is 4.19. The van der Waals surface area contributed by atoms with Crippen LogP contribution in [0.5, 0.6) is 5.75 Å². The molecule has 0 spiro atoms. The average molecular weight is 293 g/mol. The molecule has 2 rings (SSSR count). The Bertz CT molecular complexity index is 441. The summed E-state index contributed by atoms with van der Waals surface area (Å²) < 4.78 is 5.50. The topological polar surface area (TPSA) is 74.7 Å². The van der Waals surface area contributed by atoms with E-state index in [1.165, 1.54) is 0 Å². The van der Waals surface area contributed by atoms with E-state index in [0.29, 0.717) is 26.1 Å². The van der Waals surface area contributed by atoms with Crippen molar-refractivity contribution in [1.29, 1.82) is 0 Å². The van der Waals surface area contributed by atoms with Gasteiger partial charge in [-0.2, -0.15) is 0 Å². The Balaban J connectivity index is 1.63. The molecule has 0 radical (unpaired) electrons. The van der Waals surface area contributed by atoms with E-state index in [9.17, 15) is 9.90 Å². The summed E-state index contributed by atoms with van der Waals surface area (Å²) in [6.45, 7) is 2.52. The zero-order chi connectivity index (χ0) is 15.1. The molecule has 1 aromatic heterocycles. The molecule has 0 unspecified atom stereocenters. The molecular formula is C15H23N3O3. The Kier molecular flexibility index (Phi) is 5.95. The van der Waals surface area contributed by atoms with Crippen molar-refractivity contribution in [1.82, 2.24) is 15.2 Å². The second kappa shape index (κ2) is 7.95. The molecule has 1 amide bonds. The van der Waals surface area contributed by atoms with Crippen molar-refractivity contribution in [2.24, 2.45) is 5.92 Å². The molecule has 1 aromatic rings. The van der Waals surface area contributed by atoms with E-state index in [4.69, 9.17) is 4.74 Å². The van der Waals surface area contributed by atoms with E-state index >= 15 is 0 Å². The lowest BCUT2D eigenvalue weighted by atomic mass is 9.94. The summed E-state index contributed by atoms with van der Waals surface area (Å²) >= 11 is 0. The van der Waals surface area contributed by atoms with Gasteiger partial charge in [-0.1, -0.05) is 0 Å². The molecule has 2 N–H and O–H groups in total. The van der Waals surface area contributed by atoms with Crippen molar-refractivity contribution in [2.75, 3.05) is 33.3 Å². The van der Waals surface area contributed by atoms with Crippen LogP contribution in [0.25, 0.3) is 0 Å². The van der Waals surface area contributed by atoms with Crippen molar-refractivity contribution in [3.8, 4) is 5.75 Å². The minimum absolute atomic E-state index is 0.0737. The largest absolute Gasteiger partial charge is 0.492 e. The number of aliphatic hydroxyl groups is 1. The predicted octanol–water partition coefficient (Wildman–Crippen LogP) is 0.279. The van der Waals surface area contributed by atoms with E-state index in [1.807, 2.05) is 19.2 Å². The quantitative estimate of drug-likeness (QED) is 0.737. The summed E-state index contributed by atoms with van der Waals surface area (Å²) in [7, 11) is 1.97. The summed E-state index contributed by atoms with van der Waals surface area (Å²) in [6, 6.07) is 3.66. The molecule has 0 bridgehead atoms. The van der Waals surface area contributed by atoms with E-state index in [0.717, 1.165) is 18.7 Å². The first kappa shape index (κ1) is 15.7. The van der Waals surface area contributed by atoms with Gasteiger partial charge in [-0.25, -0.2) is 0 Å². The normalized spacial score (nSPS) is 22.8. The number of hydrogen-bond donors (Lipinski definition) is 2. The molecule has 6 heteroatoms. The van der Waals surface area contributed by atoms with Gasteiger partial charge in [0.25, 0.3) is 0 Å². The van der Waals surface area contributed by atoms with Crippen LogP contribution >= 0.6 is 0 Å². The van der Waals surface area contributed by atoms with Crippen LogP contribution in [0.4, 0.5) is 0 Å². The third-order valence-electron chi connectivity index (χ3n) is 3.64. The maximum atomic E-state index is 12.0. The van der Waals surface area contributed by atoms with Gasteiger partial charge < -0.3 is 20.1 Å². The number of pyridine rings is 1. The highest BCUT2D eigenvalue weighted by Gasteiger charge is 2.31. The molecule has 0 aliphatic carbocycles. The molecule has 2 atom stereocenters. The second-order valence-corrected chi connectivity index (χ2v) is 5.41. The Labute approximate surface area is 125 Å². The summed E-state index contributed by atoms with van der Waals surface area (Å²) in [5.41, 5.74) is 0. The zero-order valence-corrected chi connectivity index (χ0v) is 12.4. The molecule has 1 aliphatic rings. The third kappa shape index (κ3) is 4.99. The number of nitrogens with zero attached hydrogens (tertiary/aromatic N) is 2. The van der Waals surface area contributed by atoms with Crippen molar-refractivity contribution < 1.29 is 14.6 Å². The van der Waals surface area contributed by atoms with E-state index < -0.39 is 6.10 Å². The number of aliphatic hydroxyl groups excluding tert-OH is 1. The van der Waals surface area contributed by atoms with E-state index in [-0.39, 0.29) is 11.8 Å². The number of hydrogen-bond acceptors (Lipinski definition) is 5. The first-order valence-electron chi connectivity index (χ1n) is 7.34. The van der Waals surface area contributed by atoms with Gasteiger partial charge in [0.15, 0.2) is 0 Å². The Morgan fingerprint density at radius 2 is 2.48 bits per heavy atom. The number of likely N-dealkylation sites (tertiary alicyclic amines) is 1. The van der Waals surface area contributed by atoms with Gasteiger partial charge in [0.05, 0.1) is 24.8 Å². The summed E-state index contributed by atoms with van der Waals surface area (Å²) in [5.74, 6) is 0.326. The van der Waals surface area contributed by atoms with Gasteiger partial charge in [-0.15, -0.1) is 0 Å². The molecule has 21 heavy (non-hydrogen) atoms. The molecule has 2 heterocycles. The van der Waals surface area contributed by atoms with Gasteiger partial charge in [0.1, 0.15) is 5.75 Å². The smallest absolute Gasteiger partial charge is 0.227 e. The standard InChI is InChI=1S/C15H23N3O3/c1-18-8-5-14(19)13(11-18)15(20)17-7-3-9-21-12-4-2-6-16-10-12/h2,4,6,10,13-14,19H,3,5,7-9,11H2,1H3,(H,17,20)/t13-,14+/m1/s1. The SMILES string of the molecule is CN1CC[C@H](O)[C@H](C(=O)NCCCOc2cccnc2)C1. The van der Waals surface area contributed by atoms with Gasteiger partial charge in [0.2, 0.25) is 5.91 Å². The summed E-state index contributed by atoms with van der Waals surface area (Å²) in [5, 5.41) is 12.8. The van der Waals surface area contributed by atoms with Gasteiger partial charge in [0, 0.05) is 25.8 Å². The number of piperidine rings is 1. The highest BCUT2D eigenvalue weighted by Crippen LogP contribution is 2.16. The minimum Gasteiger partial charge on any atom is -0.492 e. The molecule has 1 fully saturated rings. The fourth-order valence-corrected chi connectivity index (χ4v) is 2.40. The van der Waals surface area contributed by atoms with Crippen LogP contribution in [0.1, 0.15) is 12.8 Å². The molecule has 0 aromatic carbocycles. The Morgan fingerprint density at radius 3 is 3.24 bits per heavy atom. The number of nitrogens with one attached hydrogen (secondary N) is 1. The first-order valence-corrected chi connectivity index (χ1v) is 7.34. The first-order chi connectivity index (χ1) is 10.2. The maximum Gasteiger partial charge on any atom is 0.227 e. The van der Waals surface area contributed by atoms with E-state index in [1.54, 1.807) is 12.4 Å². The molecule has 6 nitrogen and oxygen atoms in total. The average Bonchev–Trinajstić information content (AvgIpc) is 2.50. The minimum atomic E-state index is -0.534. The van der Waals surface area contributed by atoms with Crippen LogP contribution in [-0.2, 0) is 4.79 Å². The van der Waals surface area contributed by atoms with Gasteiger partial charge in [-0.05, 0) is 32.0 Å². The number of aromatic nitrogens is 1. The van der Waals surface area contributed by atoms with E-state index in [2.05, 4.69) is 15.2 Å². The number of rotatable bonds is 6. The Hall–Kier alpha value is -1.66. The molecular weight excluding hydrogens is 270 g/mol. The van der Waals surface area contributed by atoms with Gasteiger partial charge >= 0.3 is 0 Å². The van der Waals surface area contributed by atoms with Crippen LogP contribution < -0.4 is 10.1 Å². The number of amides is 1. The van der Waals surface area contributed by atoms with Gasteiger partial charge in [-0.3, -0.25) is 9.78 Å². The van der Waals surface area contributed by atoms with Crippen molar-refractivity contribution in [3.63, 3.8) is 0 Å². The fourth-order valence-electron chi connectivity index (χ4n) is 2.40. The monoisotopic (exact) mass is 293 g/mol.